The Labute approximate surface area is 211 Å². The molecule has 0 aliphatic heterocycles. The third-order valence-electron chi connectivity index (χ3n) is 5.84. The maximum absolute atomic E-state index is 10.9. The maximum Gasteiger partial charge on any atom is 0.330 e. The quantitative estimate of drug-likeness (QED) is 0.0875. The number of ether oxygens (including phenoxy) is 2. The van der Waals surface area contributed by atoms with Crippen LogP contribution >= 0.6 is 0 Å². The molecule has 0 fully saturated rings. The molecule has 0 heterocycles. The molecule has 0 N–H and O–H groups in total. The fraction of sp³-hybridized carbons (Fsp3) is 0.500. The summed E-state index contributed by atoms with van der Waals surface area (Å²) < 4.78 is 10.8. The number of esters is 1. The second-order valence-corrected chi connectivity index (χ2v) is 8.87. The molecule has 0 amide bonds. The molecule has 0 aliphatic rings. The second kappa shape index (κ2) is 18.4. The van der Waals surface area contributed by atoms with Crippen LogP contribution in [0.25, 0.3) is 0 Å². The summed E-state index contributed by atoms with van der Waals surface area (Å²) in [5, 5.41) is 8.70. The molecule has 5 heteroatoms. The normalized spacial score (nSPS) is 11.0. The molecule has 0 radical (unpaired) electrons. The lowest BCUT2D eigenvalue weighted by Gasteiger charge is -2.06. The van der Waals surface area contributed by atoms with Gasteiger partial charge in [0.05, 0.1) is 24.6 Å². The number of hydrogen-bond donors (Lipinski definition) is 0. The van der Waals surface area contributed by atoms with E-state index in [-0.39, 0.29) is 5.97 Å². The van der Waals surface area contributed by atoms with Crippen LogP contribution in [0.2, 0.25) is 0 Å². The van der Waals surface area contributed by atoms with E-state index in [1.807, 2.05) is 36.4 Å². The van der Waals surface area contributed by atoms with E-state index in [9.17, 15) is 4.79 Å². The number of azo groups is 1. The van der Waals surface area contributed by atoms with Crippen molar-refractivity contribution in [2.75, 3.05) is 13.2 Å². The van der Waals surface area contributed by atoms with Crippen molar-refractivity contribution in [1.82, 2.24) is 0 Å². The van der Waals surface area contributed by atoms with Crippen LogP contribution in [-0.4, -0.2) is 19.2 Å². The molecule has 0 aromatic heterocycles. The lowest BCUT2D eigenvalue weighted by molar-refractivity contribution is -0.137. The van der Waals surface area contributed by atoms with Crippen LogP contribution in [0.5, 0.6) is 5.75 Å². The van der Waals surface area contributed by atoms with Crippen LogP contribution in [0.15, 0.2) is 71.4 Å². The Morgan fingerprint density at radius 2 is 1.29 bits per heavy atom. The van der Waals surface area contributed by atoms with Crippen molar-refractivity contribution in [3.63, 3.8) is 0 Å². The number of unbranched alkanes of at least 4 members (excludes halogenated alkanes) is 9. The molecule has 0 unspecified atom stereocenters. The number of aryl methyl sites for hydroxylation is 1. The van der Waals surface area contributed by atoms with Crippen molar-refractivity contribution >= 4 is 17.3 Å². The Morgan fingerprint density at radius 3 is 1.89 bits per heavy atom. The fourth-order valence-corrected chi connectivity index (χ4v) is 3.72. The number of carbonyl (C=O) groups excluding carboxylic acids is 1. The first-order valence-corrected chi connectivity index (χ1v) is 13.2. The van der Waals surface area contributed by atoms with Gasteiger partial charge in [-0.25, -0.2) is 4.79 Å². The Bertz CT molecular complexity index is 860. The average Bonchev–Trinajstić information content (AvgIpc) is 2.89. The highest BCUT2D eigenvalue weighted by molar-refractivity contribution is 5.81. The van der Waals surface area contributed by atoms with E-state index >= 15 is 0 Å². The minimum absolute atomic E-state index is 0.335. The van der Waals surface area contributed by atoms with E-state index in [2.05, 4.69) is 35.9 Å². The lowest BCUT2D eigenvalue weighted by Crippen LogP contribution is -2.01. The van der Waals surface area contributed by atoms with Crippen LogP contribution < -0.4 is 4.74 Å². The van der Waals surface area contributed by atoms with Crippen molar-refractivity contribution in [3.8, 4) is 5.75 Å². The van der Waals surface area contributed by atoms with Gasteiger partial charge in [0, 0.05) is 6.08 Å². The predicted molar refractivity (Wildman–Crippen MR) is 144 cm³/mol. The van der Waals surface area contributed by atoms with Crippen molar-refractivity contribution in [2.24, 2.45) is 10.2 Å². The third-order valence-corrected chi connectivity index (χ3v) is 5.84. The number of rotatable bonds is 19. The van der Waals surface area contributed by atoms with Gasteiger partial charge in [-0.2, -0.15) is 10.2 Å². The van der Waals surface area contributed by atoms with E-state index in [1.165, 1.54) is 56.6 Å². The molecule has 0 atom stereocenters. The molecular weight excluding hydrogens is 436 g/mol. The molecule has 35 heavy (non-hydrogen) atoms. The molecular formula is C30H42N2O3. The Balaban J connectivity index is 1.54. The zero-order chi connectivity index (χ0) is 25.0. The summed E-state index contributed by atoms with van der Waals surface area (Å²) in [7, 11) is 0. The highest BCUT2D eigenvalue weighted by Crippen LogP contribution is 2.22. The van der Waals surface area contributed by atoms with Crippen molar-refractivity contribution < 1.29 is 14.3 Å². The van der Waals surface area contributed by atoms with Crippen molar-refractivity contribution in [3.05, 3.63) is 66.7 Å². The van der Waals surface area contributed by atoms with Crippen LogP contribution in [0, 0.1) is 0 Å². The van der Waals surface area contributed by atoms with Gasteiger partial charge < -0.3 is 9.47 Å². The monoisotopic (exact) mass is 478 g/mol. The first-order valence-electron chi connectivity index (χ1n) is 13.2. The standard InChI is InChI=1S/C30H42N2O3/c1-3-5-6-12-15-26-16-18-27(19-17-26)31-32-28-20-22-29(23-21-28)34-24-13-10-8-7-9-11-14-25-35-30(33)4-2/h4,16-23H,2-3,5-15,24-25H2,1H3. The summed E-state index contributed by atoms with van der Waals surface area (Å²) in [6.45, 7) is 6.84. The molecule has 0 saturated carbocycles. The highest BCUT2D eigenvalue weighted by Gasteiger charge is 1.99. The zero-order valence-electron chi connectivity index (χ0n) is 21.4. The van der Waals surface area contributed by atoms with Gasteiger partial charge in [0.15, 0.2) is 0 Å². The van der Waals surface area contributed by atoms with Crippen LogP contribution in [0.3, 0.4) is 0 Å². The molecule has 0 bridgehead atoms. The molecule has 0 spiro atoms. The number of carbonyl (C=O) groups is 1. The van der Waals surface area contributed by atoms with Gasteiger partial charge in [-0.05, 0) is 67.6 Å². The van der Waals surface area contributed by atoms with Crippen LogP contribution in [0.1, 0.15) is 83.1 Å². The molecule has 2 aromatic rings. The molecule has 0 saturated heterocycles. The van der Waals surface area contributed by atoms with E-state index < -0.39 is 0 Å². The number of benzene rings is 2. The lowest BCUT2D eigenvalue weighted by atomic mass is 10.1. The van der Waals surface area contributed by atoms with E-state index in [1.54, 1.807) is 0 Å². The van der Waals surface area contributed by atoms with E-state index in [0.29, 0.717) is 6.61 Å². The van der Waals surface area contributed by atoms with Gasteiger partial charge in [0.1, 0.15) is 5.75 Å². The van der Waals surface area contributed by atoms with Crippen molar-refractivity contribution in [2.45, 2.75) is 84.0 Å². The zero-order valence-corrected chi connectivity index (χ0v) is 21.4. The first-order chi connectivity index (χ1) is 17.2. The molecule has 190 valence electrons. The number of nitrogens with zero attached hydrogens (tertiary/aromatic N) is 2. The molecule has 2 rings (SSSR count). The molecule has 0 aliphatic carbocycles. The van der Waals surface area contributed by atoms with Crippen molar-refractivity contribution in [1.29, 1.82) is 0 Å². The Hall–Kier alpha value is -2.95. The summed E-state index contributed by atoms with van der Waals surface area (Å²) in [5.41, 5.74) is 3.06. The first kappa shape index (κ1) is 28.3. The summed E-state index contributed by atoms with van der Waals surface area (Å²) >= 11 is 0. The third kappa shape index (κ3) is 13.5. The average molecular weight is 479 g/mol. The molecule has 5 nitrogen and oxygen atoms in total. The smallest absolute Gasteiger partial charge is 0.330 e. The highest BCUT2D eigenvalue weighted by atomic mass is 16.5. The van der Waals surface area contributed by atoms with Gasteiger partial charge in [0.2, 0.25) is 0 Å². The Kier molecular flexibility index (Phi) is 14.9. The predicted octanol–water partition coefficient (Wildman–Crippen LogP) is 9.06. The summed E-state index contributed by atoms with van der Waals surface area (Å²) in [6, 6.07) is 16.2. The van der Waals surface area contributed by atoms with Gasteiger partial charge in [-0.3, -0.25) is 0 Å². The number of hydrogen-bond acceptors (Lipinski definition) is 5. The van der Waals surface area contributed by atoms with Gasteiger partial charge in [0.25, 0.3) is 0 Å². The summed E-state index contributed by atoms with van der Waals surface area (Å²) in [4.78, 5) is 10.9. The van der Waals surface area contributed by atoms with E-state index in [4.69, 9.17) is 9.47 Å². The van der Waals surface area contributed by atoms with Crippen LogP contribution in [0.4, 0.5) is 11.4 Å². The molecule has 2 aromatic carbocycles. The second-order valence-electron chi connectivity index (χ2n) is 8.87. The minimum Gasteiger partial charge on any atom is -0.494 e. The summed E-state index contributed by atoms with van der Waals surface area (Å²) in [6.07, 6.45) is 15.3. The van der Waals surface area contributed by atoms with Crippen LogP contribution in [-0.2, 0) is 16.0 Å². The minimum atomic E-state index is -0.335. The maximum atomic E-state index is 10.9. The van der Waals surface area contributed by atoms with Gasteiger partial charge >= 0.3 is 5.97 Å². The topological polar surface area (TPSA) is 60.2 Å². The Morgan fingerprint density at radius 1 is 0.743 bits per heavy atom. The van der Waals surface area contributed by atoms with Gasteiger partial charge in [-0.1, -0.05) is 77.0 Å². The summed E-state index contributed by atoms with van der Waals surface area (Å²) in [5.74, 6) is 0.531. The fourth-order valence-electron chi connectivity index (χ4n) is 3.72. The largest absolute Gasteiger partial charge is 0.494 e. The van der Waals surface area contributed by atoms with E-state index in [0.717, 1.165) is 55.8 Å². The van der Waals surface area contributed by atoms with Gasteiger partial charge in [-0.15, -0.1) is 0 Å². The SMILES string of the molecule is C=CC(=O)OCCCCCCCCCOc1ccc(N=Nc2ccc(CCCCCC)cc2)cc1.